The number of hydrogen-bond acceptors (Lipinski definition) is 2. The van der Waals surface area contributed by atoms with E-state index in [9.17, 15) is 0 Å². The minimum absolute atomic E-state index is 0.206. The van der Waals surface area contributed by atoms with Crippen molar-refractivity contribution in [2.75, 3.05) is 13.7 Å². The van der Waals surface area contributed by atoms with Gasteiger partial charge in [-0.25, -0.2) is 0 Å². The van der Waals surface area contributed by atoms with Gasteiger partial charge in [-0.05, 0) is 44.0 Å². The average molecular weight is 256 g/mol. The molecule has 0 spiro atoms. The standard InChI is InChI=1S/C14H22ClNO/c1-4-9-16-14(11(2)17-3)10-12-5-7-13(15)8-6-12/h5-8,11,14,16H,4,9-10H2,1-3H3. The van der Waals surface area contributed by atoms with Gasteiger partial charge in [0.05, 0.1) is 6.10 Å². The van der Waals surface area contributed by atoms with Gasteiger partial charge >= 0.3 is 0 Å². The second-order valence-electron chi connectivity index (χ2n) is 4.33. The highest BCUT2D eigenvalue weighted by molar-refractivity contribution is 6.30. The summed E-state index contributed by atoms with van der Waals surface area (Å²) in [6, 6.07) is 8.37. The summed E-state index contributed by atoms with van der Waals surface area (Å²) in [4.78, 5) is 0. The number of halogens is 1. The molecule has 96 valence electrons. The van der Waals surface area contributed by atoms with Crippen LogP contribution in [0.1, 0.15) is 25.8 Å². The lowest BCUT2D eigenvalue weighted by molar-refractivity contribution is 0.0831. The van der Waals surface area contributed by atoms with Gasteiger partial charge in [-0.2, -0.15) is 0 Å². The van der Waals surface area contributed by atoms with Gasteiger partial charge in [-0.15, -0.1) is 0 Å². The van der Waals surface area contributed by atoms with E-state index in [0.717, 1.165) is 24.4 Å². The van der Waals surface area contributed by atoms with E-state index in [1.165, 1.54) is 5.56 Å². The normalized spacial score (nSPS) is 14.6. The molecule has 0 aliphatic rings. The Labute approximate surface area is 109 Å². The minimum atomic E-state index is 0.206. The SMILES string of the molecule is CCCNC(Cc1ccc(Cl)cc1)C(C)OC. The fourth-order valence-electron chi connectivity index (χ4n) is 1.77. The first-order chi connectivity index (χ1) is 8.17. The first kappa shape index (κ1) is 14.5. The van der Waals surface area contributed by atoms with E-state index in [0.29, 0.717) is 6.04 Å². The summed E-state index contributed by atoms with van der Waals surface area (Å²) in [5, 5.41) is 4.31. The molecule has 0 saturated heterocycles. The fraction of sp³-hybridized carbons (Fsp3) is 0.571. The van der Waals surface area contributed by atoms with Crippen molar-refractivity contribution in [3.05, 3.63) is 34.9 Å². The smallest absolute Gasteiger partial charge is 0.0699 e. The van der Waals surface area contributed by atoms with Crippen molar-refractivity contribution >= 4 is 11.6 Å². The topological polar surface area (TPSA) is 21.3 Å². The monoisotopic (exact) mass is 255 g/mol. The molecule has 0 bridgehead atoms. The van der Waals surface area contributed by atoms with Crippen LogP contribution in [0, 0.1) is 0 Å². The zero-order chi connectivity index (χ0) is 12.7. The molecule has 2 atom stereocenters. The molecule has 3 heteroatoms. The third kappa shape index (κ3) is 5.07. The molecule has 0 amide bonds. The Balaban J connectivity index is 2.61. The van der Waals surface area contributed by atoms with Gasteiger partial charge in [-0.1, -0.05) is 30.7 Å². The molecule has 0 heterocycles. The minimum Gasteiger partial charge on any atom is -0.380 e. The Morgan fingerprint density at radius 2 is 1.94 bits per heavy atom. The van der Waals surface area contributed by atoms with Crippen LogP contribution in [0.25, 0.3) is 0 Å². The molecule has 0 radical (unpaired) electrons. The Hall–Kier alpha value is -0.570. The highest BCUT2D eigenvalue weighted by atomic mass is 35.5. The fourth-order valence-corrected chi connectivity index (χ4v) is 1.90. The Bertz CT molecular complexity index is 313. The van der Waals surface area contributed by atoms with E-state index in [4.69, 9.17) is 16.3 Å². The summed E-state index contributed by atoms with van der Waals surface area (Å²) in [5.74, 6) is 0. The summed E-state index contributed by atoms with van der Waals surface area (Å²) >= 11 is 5.88. The first-order valence-corrected chi connectivity index (χ1v) is 6.55. The Morgan fingerprint density at radius 3 is 2.47 bits per heavy atom. The zero-order valence-electron chi connectivity index (χ0n) is 10.9. The molecule has 0 aromatic heterocycles. The van der Waals surface area contributed by atoms with E-state index >= 15 is 0 Å². The molecular weight excluding hydrogens is 234 g/mol. The van der Waals surface area contributed by atoms with Crippen LogP contribution < -0.4 is 5.32 Å². The highest BCUT2D eigenvalue weighted by Gasteiger charge is 2.16. The third-order valence-electron chi connectivity index (χ3n) is 2.96. The highest BCUT2D eigenvalue weighted by Crippen LogP contribution is 2.13. The molecule has 1 aromatic rings. The quantitative estimate of drug-likeness (QED) is 0.807. The van der Waals surface area contributed by atoms with Gasteiger partial charge in [-0.3, -0.25) is 0 Å². The summed E-state index contributed by atoms with van der Waals surface area (Å²) in [6.45, 7) is 5.29. The van der Waals surface area contributed by atoms with Crippen LogP contribution in [0.3, 0.4) is 0 Å². The van der Waals surface area contributed by atoms with E-state index in [1.807, 2.05) is 12.1 Å². The maximum Gasteiger partial charge on any atom is 0.0699 e. The van der Waals surface area contributed by atoms with Crippen LogP contribution in [0.2, 0.25) is 5.02 Å². The van der Waals surface area contributed by atoms with Crippen molar-refractivity contribution in [1.29, 1.82) is 0 Å². The molecule has 2 unspecified atom stereocenters. The second-order valence-corrected chi connectivity index (χ2v) is 4.77. The van der Waals surface area contributed by atoms with E-state index < -0.39 is 0 Å². The molecule has 1 aromatic carbocycles. The van der Waals surface area contributed by atoms with E-state index in [2.05, 4.69) is 31.3 Å². The summed E-state index contributed by atoms with van der Waals surface area (Å²) in [5.41, 5.74) is 1.28. The average Bonchev–Trinajstić information content (AvgIpc) is 2.36. The van der Waals surface area contributed by atoms with Gasteiger partial charge in [0.1, 0.15) is 0 Å². The number of rotatable bonds is 7. The van der Waals surface area contributed by atoms with Crippen molar-refractivity contribution < 1.29 is 4.74 Å². The predicted molar refractivity (Wildman–Crippen MR) is 73.7 cm³/mol. The molecule has 0 fully saturated rings. The molecular formula is C14H22ClNO. The number of ether oxygens (including phenoxy) is 1. The van der Waals surface area contributed by atoms with Crippen LogP contribution in [-0.2, 0) is 11.2 Å². The number of methoxy groups -OCH3 is 1. The summed E-state index contributed by atoms with van der Waals surface area (Å²) < 4.78 is 5.42. The molecule has 0 aliphatic heterocycles. The first-order valence-electron chi connectivity index (χ1n) is 6.18. The van der Waals surface area contributed by atoms with Crippen LogP contribution in [0.15, 0.2) is 24.3 Å². The lowest BCUT2D eigenvalue weighted by Gasteiger charge is -2.24. The van der Waals surface area contributed by atoms with Crippen LogP contribution in [0.4, 0.5) is 0 Å². The van der Waals surface area contributed by atoms with Gasteiger partial charge in [0, 0.05) is 18.2 Å². The molecule has 0 saturated carbocycles. The largest absolute Gasteiger partial charge is 0.380 e. The van der Waals surface area contributed by atoms with Crippen LogP contribution >= 0.6 is 11.6 Å². The van der Waals surface area contributed by atoms with Gasteiger partial charge in [0.2, 0.25) is 0 Å². The molecule has 0 aliphatic carbocycles. The molecule has 1 rings (SSSR count). The number of hydrogen-bond donors (Lipinski definition) is 1. The van der Waals surface area contributed by atoms with Crippen LogP contribution in [-0.4, -0.2) is 25.8 Å². The summed E-state index contributed by atoms with van der Waals surface area (Å²) in [6.07, 6.45) is 2.30. The van der Waals surface area contributed by atoms with Crippen molar-refractivity contribution in [3.8, 4) is 0 Å². The van der Waals surface area contributed by atoms with Crippen molar-refractivity contribution in [1.82, 2.24) is 5.32 Å². The zero-order valence-corrected chi connectivity index (χ0v) is 11.6. The van der Waals surface area contributed by atoms with Gasteiger partial charge < -0.3 is 10.1 Å². The summed E-state index contributed by atoms with van der Waals surface area (Å²) in [7, 11) is 1.76. The van der Waals surface area contributed by atoms with Crippen molar-refractivity contribution in [2.45, 2.75) is 38.8 Å². The Kier molecular flexibility index (Phi) is 6.56. The lowest BCUT2D eigenvalue weighted by Crippen LogP contribution is -2.41. The van der Waals surface area contributed by atoms with Crippen molar-refractivity contribution in [2.24, 2.45) is 0 Å². The molecule has 2 nitrogen and oxygen atoms in total. The van der Waals surface area contributed by atoms with Gasteiger partial charge in [0.15, 0.2) is 0 Å². The number of nitrogens with one attached hydrogen (secondary N) is 1. The van der Waals surface area contributed by atoms with Crippen LogP contribution in [0.5, 0.6) is 0 Å². The molecule has 17 heavy (non-hydrogen) atoms. The molecule has 1 N–H and O–H groups in total. The predicted octanol–water partition coefficient (Wildman–Crippen LogP) is 3.29. The van der Waals surface area contributed by atoms with E-state index in [1.54, 1.807) is 7.11 Å². The third-order valence-corrected chi connectivity index (χ3v) is 3.22. The maximum atomic E-state index is 5.88. The van der Waals surface area contributed by atoms with Crippen molar-refractivity contribution in [3.63, 3.8) is 0 Å². The maximum absolute atomic E-state index is 5.88. The Morgan fingerprint density at radius 1 is 1.29 bits per heavy atom. The lowest BCUT2D eigenvalue weighted by atomic mass is 10.0. The second kappa shape index (κ2) is 7.70. The van der Waals surface area contributed by atoms with Gasteiger partial charge in [0.25, 0.3) is 0 Å². The van der Waals surface area contributed by atoms with E-state index in [-0.39, 0.29) is 6.10 Å². The number of benzene rings is 1.